The number of amides is 1. The van der Waals surface area contributed by atoms with E-state index in [0.29, 0.717) is 68.7 Å². The number of piperidine rings is 1. The van der Waals surface area contributed by atoms with Gasteiger partial charge in [0.05, 0.1) is 29.3 Å². The number of hydrogen-bond donors (Lipinski definition) is 3. The van der Waals surface area contributed by atoms with Crippen molar-refractivity contribution in [2.24, 2.45) is 0 Å². The summed E-state index contributed by atoms with van der Waals surface area (Å²) in [7, 11) is 0. The number of nitrogens with one attached hydrogen (secondary N) is 1. The van der Waals surface area contributed by atoms with E-state index in [0.717, 1.165) is 0 Å². The summed E-state index contributed by atoms with van der Waals surface area (Å²) < 4.78 is 19.0. The van der Waals surface area contributed by atoms with E-state index in [2.05, 4.69) is 9.97 Å². The lowest BCUT2D eigenvalue weighted by molar-refractivity contribution is -0.214. The summed E-state index contributed by atoms with van der Waals surface area (Å²) in [5, 5.41) is 20.2. The highest BCUT2D eigenvalue weighted by Gasteiger charge is 2.47. The molecule has 0 radical (unpaired) electrons. The van der Waals surface area contributed by atoms with Crippen molar-refractivity contribution < 1.29 is 24.1 Å². The van der Waals surface area contributed by atoms with Gasteiger partial charge < -0.3 is 24.8 Å². The molecule has 2 saturated heterocycles. The van der Waals surface area contributed by atoms with Gasteiger partial charge in [0.2, 0.25) is 5.91 Å². The van der Waals surface area contributed by atoms with Gasteiger partial charge in [0.1, 0.15) is 17.7 Å². The maximum atomic E-state index is 13.3. The van der Waals surface area contributed by atoms with E-state index in [4.69, 9.17) is 4.74 Å². The molecule has 0 unspecified atom stereocenters. The lowest BCUT2D eigenvalue weighted by atomic mass is 9.80. The van der Waals surface area contributed by atoms with E-state index in [-0.39, 0.29) is 11.7 Å². The highest BCUT2D eigenvalue weighted by molar-refractivity contribution is 5.77. The van der Waals surface area contributed by atoms with Gasteiger partial charge in [-0.1, -0.05) is 0 Å². The molecule has 4 rings (SSSR count). The molecule has 3 heterocycles. The van der Waals surface area contributed by atoms with Gasteiger partial charge in [-0.05, 0) is 37.5 Å². The third kappa shape index (κ3) is 3.56. The molecule has 2 aromatic rings. The summed E-state index contributed by atoms with van der Waals surface area (Å²) in [5.74, 6) is 0.349. The summed E-state index contributed by atoms with van der Waals surface area (Å²) in [4.78, 5) is 21.7. The Balaban J connectivity index is 1.33. The molecule has 1 aromatic heterocycles. The number of imidazole rings is 1. The second-order valence-electron chi connectivity index (χ2n) is 7.44. The highest BCUT2D eigenvalue weighted by atomic mass is 19.1. The van der Waals surface area contributed by atoms with Crippen LogP contribution < -0.4 is 0 Å². The number of carbonyl (C=O) groups excluding carboxylic acids is 1. The number of benzene rings is 1. The predicted octanol–water partition coefficient (Wildman–Crippen LogP) is 1.14. The molecule has 2 aliphatic heterocycles. The molecule has 0 aliphatic carbocycles. The minimum absolute atomic E-state index is 0.0161. The average Bonchev–Trinajstić information content (AvgIpc) is 3.07. The van der Waals surface area contributed by atoms with Crippen LogP contribution in [0.15, 0.2) is 18.2 Å². The predicted molar refractivity (Wildman–Crippen MR) is 95.5 cm³/mol. The van der Waals surface area contributed by atoms with Crippen LogP contribution in [0.1, 0.15) is 31.5 Å². The van der Waals surface area contributed by atoms with E-state index >= 15 is 0 Å². The van der Waals surface area contributed by atoms with Crippen molar-refractivity contribution in [3.63, 3.8) is 0 Å². The first kappa shape index (κ1) is 18.3. The van der Waals surface area contributed by atoms with Crippen LogP contribution in [0.25, 0.3) is 11.0 Å². The van der Waals surface area contributed by atoms with Crippen LogP contribution in [0.4, 0.5) is 4.39 Å². The number of aliphatic hydroxyl groups is 2. The molecule has 146 valence electrons. The van der Waals surface area contributed by atoms with Crippen LogP contribution in [-0.4, -0.2) is 68.5 Å². The van der Waals surface area contributed by atoms with Crippen molar-refractivity contribution in [3.8, 4) is 0 Å². The molecular formula is C19H24FN3O4. The first-order valence-electron chi connectivity index (χ1n) is 9.39. The second kappa shape index (κ2) is 7.18. The van der Waals surface area contributed by atoms with Crippen molar-refractivity contribution in [2.45, 2.75) is 49.9 Å². The average molecular weight is 377 g/mol. The molecule has 8 heteroatoms. The van der Waals surface area contributed by atoms with Crippen LogP contribution >= 0.6 is 0 Å². The fourth-order valence-corrected chi connectivity index (χ4v) is 4.09. The number of fused-ring (bicyclic) bond motifs is 1. The number of aromatic amines is 1. The highest BCUT2D eigenvalue weighted by Crippen LogP contribution is 2.35. The molecule has 7 nitrogen and oxygen atoms in total. The van der Waals surface area contributed by atoms with Crippen molar-refractivity contribution in [3.05, 3.63) is 29.8 Å². The lowest BCUT2D eigenvalue weighted by Crippen LogP contribution is -2.60. The van der Waals surface area contributed by atoms with Crippen molar-refractivity contribution in [1.82, 2.24) is 14.9 Å². The largest absolute Gasteiger partial charge is 0.390 e. The number of carbonyl (C=O) groups is 1. The zero-order chi connectivity index (χ0) is 19.0. The number of aryl methyl sites for hydroxylation is 1. The summed E-state index contributed by atoms with van der Waals surface area (Å²) in [6.45, 7) is 1.42. The van der Waals surface area contributed by atoms with Crippen LogP contribution in [-0.2, 0) is 16.0 Å². The smallest absolute Gasteiger partial charge is 0.223 e. The van der Waals surface area contributed by atoms with E-state index in [1.807, 2.05) is 0 Å². The zero-order valence-corrected chi connectivity index (χ0v) is 15.0. The summed E-state index contributed by atoms with van der Waals surface area (Å²) in [5.41, 5.74) is 0.567. The Bertz CT molecular complexity index is 831. The normalized spacial score (nSPS) is 25.2. The van der Waals surface area contributed by atoms with Crippen molar-refractivity contribution in [1.29, 1.82) is 0 Å². The Morgan fingerprint density at radius 1 is 1.37 bits per heavy atom. The Kier molecular flexibility index (Phi) is 4.88. The van der Waals surface area contributed by atoms with Crippen LogP contribution in [0.3, 0.4) is 0 Å². The Labute approximate surface area is 156 Å². The maximum Gasteiger partial charge on any atom is 0.223 e. The van der Waals surface area contributed by atoms with Gasteiger partial charge in [-0.2, -0.15) is 0 Å². The first-order valence-corrected chi connectivity index (χ1v) is 9.39. The molecule has 1 aromatic carbocycles. The second-order valence-corrected chi connectivity index (χ2v) is 7.44. The molecule has 0 saturated carbocycles. The molecule has 2 atom stereocenters. The molecule has 27 heavy (non-hydrogen) atoms. The Morgan fingerprint density at radius 3 is 2.93 bits per heavy atom. The fourth-order valence-electron chi connectivity index (χ4n) is 4.09. The quantitative estimate of drug-likeness (QED) is 0.745. The number of halogens is 1. The van der Waals surface area contributed by atoms with E-state index < -0.39 is 17.8 Å². The molecule has 2 fully saturated rings. The van der Waals surface area contributed by atoms with Crippen molar-refractivity contribution in [2.75, 3.05) is 19.7 Å². The minimum atomic E-state index is -0.903. The minimum Gasteiger partial charge on any atom is -0.390 e. The third-order valence-corrected chi connectivity index (χ3v) is 5.74. The molecule has 0 bridgehead atoms. The maximum absolute atomic E-state index is 13.3. The van der Waals surface area contributed by atoms with E-state index in [9.17, 15) is 19.4 Å². The number of aliphatic hydroxyl groups excluding tert-OH is 2. The number of aromatic nitrogens is 2. The fraction of sp³-hybridized carbons (Fsp3) is 0.579. The number of nitrogens with zero attached hydrogens (tertiary/aromatic N) is 2. The standard InChI is InChI=1S/C19H24FN3O4/c20-12-1-2-13-14(11-12)22-16(21-13)3-4-17(25)23-8-6-19(7-9-23)18(26)15(24)5-10-27-19/h1-2,11,15,18,24,26H,3-10H2,(H,21,22)/t15-,18-/m0/s1. The van der Waals surface area contributed by atoms with E-state index in [1.165, 1.54) is 12.1 Å². The molecule has 1 spiro atoms. The summed E-state index contributed by atoms with van der Waals surface area (Å²) in [6, 6.07) is 4.36. The number of likely N-dealkylation sites (tertiary alicyclic amines) is 1. The number of H-pyrrole nitrogens is 1. The van der Waals surface area contributed by atoms with Gasteiger partial charge in [0, 0.05) is 25.9 Å². The molecular weight excluding hydrogens is 353 g/mol. The number of hydrogen-bond acceptors (Lipinski definition) is 5. The van der Waals surface area contributed by atoms with Crippen LogP contribution in [0.5, 0.6) is 0 Å². The molecule has 2 aliphatic rings. The van der Waals surface area contributed by atoms with Gasteiger partial charge in [-0.3, -0.25) is 4.79 Å². The summed E-state index contributed by atoms with van der Waals surface area (Å²) in [6.07, 6.45) is 0.559. The lowest BCUT2D eigenvalue weighted by Gasteiger charge is -2.48. The van der Waals surface area contributed by atoms with Gasteiger partial charge >= 0.3 is 0 Å². The SMILES string of the molecule is O=C(CCc1nc2ccc(F)cc2[nH]1)N1CCC2(CC1)OCC[C@H](O)[C@@H]2O. The third-order valence-electron chi connectivity index (χ3n) is 5.74. The zero-order valence-electron chi connectivity index (χ0n) is 15.0. The Hall–Kier alpha value is -2.03. The summed E-state index contributed by atoms with van der Waals surface area (Å²) >= 11 is 0. The first-order chi connectivity index (χ1) is 13.0. The van der Waals surface area contributed by atoms with Gasteiger partial charge in [0.25, 0.3) is 0 Å². The number of ether oxygens (including phenoxy) is 1. The molecule has 3 N–H and O–H groups in total. The number of rotatable bonds is 3. The van der Waals surface area contributed by atoms with Crippen molar-refractivity contribution >= 4 is 16.9 Å². The van der Waals surface area contributed by atoms with Crippen LogP contribution in [0, 0.1) is 5.82 Å². The van der Waals surface area contributed by atoms with Crippen LogP contribution in [0.2, 0.25) is 0 Å². The van der Waals surface area contributed by atoms with Gasteiger partial charge in [-0.15, -0.1) is 0 Å². The van der Waals surface area contributed by atoms with E-state index in [1.54, 1.807) is 11.0 Å². The molecule has 1 amide bonds. The Morgan fingerprint density at radius 2 is 2.15 bits per heavy atom. The monoisotopic (exact) mass is 377 g/mol. The van der Waals surface area contributed by atoms with Gasteiger partial charge in [0.15, 0.2) is 0 Å². The topological polar surface area (TPSA) is 98.7 Å². The van der Waals surface area contributed by atoms with Gasteiger partial charge in [-0.25, -0.2) is 9.37 Å².